The Bertz CT molecular complexity index is 634. The van der Waals surface area contributed by atoms with Crippen LogP contribution in [0.2, 0.25) is 0 Å². The maximum atomic E-state index is 5.77. The van der Waals surface area contributed by atoms with Gasteiger partial charge < -0.3 is 29.7 Å². The lowest BCUT2D eigenvalue weighted by molar-refractivity contribution is 0.0888. The average Bonchev–Trinajstić information content (AvgIpc) is 3.29. The van der Waals surface area contributed by atoms with Crippen LogP contribution in [0.5, 0.6) is 5.75 Å². The second kappa shape index (κ2) is 11.9. The van der Waals surface area contributed by atoms with Crippen LogP contribution in [-0.2, 0) is 9.47 Å². The van der Waals surface area contributed by atoms with E-state index in [-0.39, 0.29) is 0 Å². The summed E-state index contributed by atoms with van der Waals surface area (Å²) in [4.78, 5) is 6.79. The minimum absolute atomic E-state index is 0.360. The van der Waals surface area contributed by atoms with Crippen LogP contribution in [-0.4, -0.2) is 72.2 Å². The van der Waals surface area contributed by atoms with Gasteiger partial charge in [0.05, 0.1) is 26.0 Å². The number of aliphatic imine (C=N–C) groups is 1. The summed E-state index contributed by atoms with van der Waals surface area (Å²) in [5.74, 6) is 2.37. The number of ether oxygens (including phenoxy) is 3. The molecular weight excluding hydrogens is 368 g/mol. The number of piperidine rings is 1. The highest BCUT2D eigenvalue weighted by Gasteiger charge is 2.22. The molecule has 2 heterocycles. The molecule has 2 aliphatic heterocycles. The molecule has 1 aromatic rings. The molecule has 2 N–H and O–H groups in total. The quantitative estimate of drug-likeness (QED) is 0.374. The van der Waals surface area contributed by atoms with Gasteiger partial charge in [-0.25, -0.2) is 0 Å². The maximum Gasteiger partial charge on any atom is 0.191 e. The molecule has 2 fully saturated rings. The highest BCUT2D eigenvalue weighted by atomic mass is 16.5. The van der Waals surface area contributed by atoms with Crippen LogP contribution in [0.25, 0.3) is 0 Å². The van der Waals surface area contributed by atoms with Gasteiger partial charge in [0.15, 0.2) is 5.96 Å². The van der Waals surface area contributed by atoms with E-state index in [1.165, 1.54) is 0 Å². The molecule has 0 spiro atoms. The van der Waals surface area contributed by atoms with Crippen LogP contribution in [0.3, 0.4) is 0 Å². The number of rotatable bonds is 9. The Kier molecular flexibility index (Phi) is 8.89. The number of para-hydroxylation sites is 2. The van der Waals surface area contributed by atoms with Crippen LogP contribution in [0.4, 0.5) is 5.69 Å². The molecule has 1 aromatic carbocycles. The minimum atomic E-state index is 0.360. The lowest BCUT2D eigenvalue weighted by Crippen LogP contribution is -2.51. The molecule has 7 heteroatoms. The number of nitrogens with zero attached hydrogens (tertiary/aromatic N) is 2. The summed E-state index contributed by atoms with van der Waals surface area (Å²) >= 11 is 0. The monoisotopic (exact) mass is 404 g/mol. The first-order valence-electron chi connectivity index (χ1n) is 10.8. The second-order valence-electron chi connectivity index (χ2n) is 7.76. The smallest absolute Gasteiger partial charge is 0.191 e. The van der Waals surface area contributed by atoms with E-state index in [1.54, 1.807) is 7.11 Å². The highest BCUT2D eigenvalue weighted by Crippen LogP contribution is 2.29. The summed E-state index contributed by atoms with van der Waals surface area (Å²) in [5.41, 5.74) is 1.16. The van der Waals surface area contributed by atoms with Gasteiger partial charge in [-0.3, -0.25) is 4.99 Å². The third-order valence-electron chi connectivity index (χ3n) is 5.55. The summed E-state index contributed by atoms with van der Waals surface area (Å²) in [6.07, 6.45) is 4.37. The number of methoxy groups -OCH3 is 1. The molecule has 0 aromatic heterocycles. The summed E-state index contributed by atoms with van der Waals surface area (Å²) in [6.45, 7) is 6.15. The molecule has 162 valence electrons. The maximum absolute atomic E-state index is 5.77. The van der Waals surface area contributed by atoms with Gasteiger partial charge in [-0.2, -0.15) is 0 Å². The summed E-state index contributed by atoms with van der Waals surface area (Å²) in [7, 11) is 3.56. The number of benzene rings is 1. The predicted molar refractivity (Wildman–Crippen MR) is 117 cm³/mol. The Morgan fingerprint density at radius 2 is 2.21 bits per heavy atom. The van der Waals surface area contributed by atoms with Crippen LogP contribution < -0.4 is 20.3 Å². The predicted octanol–water partition coefficient (Wildman–Crippen LogP) is 2.27. The van der Waals surface area contributed by atoms with E-state index in [9.17, 15) is 0 Å². The van der Waals surface area contributed by atoms with Crippen LogP contribution in [0, 0.1) is 5.92 Å². The van der Waals surface area contributed by atoms with Gasteiger partial charge >= 0.3 is 0 Å². The fraction of sp³-hybridized carbons (Fsp3) is 0.682. The lowest BCUT2D eigenvalue weighted by atomic mass is 10.0. The number of nitrogens with one attached hydrogen (secondary N) is 2. The molecular formula is C22H36N4O3. The van der Waals surface area contributed by atoms with E-state index in [0.717, 1.165) is 89.1 Å². The van der Waals surface area contributed by atoms with Crippen LogP contribution in [0.15, 0.2) is 29.3 Å². The Balaban J connectivity index is 1.37. The summed E-state index contributed by atoms with van der Waals surface area (Å²) in [6, 6.07) is 8.59. The zero-order chi connectivity index (χ0) is 20.3. The molecule has 0 bridgehead atoms. The number of guanidine groups is 1. The number of anilines is 1. The van der Waals surface area contributed by atoms with Crippen molar-refractivity contribution in [1.29, 1.82) is 0 Å². The van der Waals surface area contributed by atoms with E-state index < -0.39 is 0 Å². The van der Waals surface area contributed by atoms with Gasteiger partial charge in [0, 0.05) is 51.9 Å². The SMILES string of the molecule is CN=C(NCCCOCC1CCOC1)NC1CCCN(c2ccccc2OC)C1. The van der Waals surface area contributed by atoms with Gasteiger partial charge in [-0.05, 0) is 37.8 Å². The van der Waals surface area contributed by atoms with Crippen molar-refractivity contribution < 1.29 is 14.2 Å². The van der Waals surface area contributed by atoms with Crippen LogP contribution >= 0.6 is 0 Å². The van der Waals surface area contributed by atoms with Crippen molar-refractivity contribution in [3.05, 3.63) is 24.3 Å². The topological polar surface area (TPSA) is 67.4 Å². The van der Waals surface area contributed by atoms with Crippen LogP contribution in [0.1, 0.15) is 25.7 Å². The molecule has 0 radical (unpaired) electrons. The molecule has 0 aliphatic carbocycles. The number of hydrogen-bond acceptors (Lipinski definition) is 5. The lowest BCUT2D eigenvalue weighted by Gasteiger charge is -2.36. The normalized spacial score (nSPS) is 22.6. The Morgan fingerprint density at radius 1 is 1.31 bits per heavy atom. The molecule has 0 saturated carbocycles. The van der Waals surface area contributed by atoms with Crippen molar-refractivity contribution in [3.63, 3.8) is 0 Å². The first kappa shape index (κ1) is 21.7. The van der Waals surface area contributed by atoms with E-state index in [4.69, 9.17) is 14.2 Å². The van der Waals surface area contributed by atoms with E-state index in [0.29, 0.717) is 12.0 Å². The Morgan fingerprint density at radius 3 is 3.00 bits per heavy atom. The van der Waals surface area contributed by atoms with Gasteiger partial charge in [-0.1, -0.05) is 12.1 Å². The molecule has 0 amide bonds. The van der Waals surface area contributed by atoms with E-state index in [2.05, 4.69) is 32.7 Å². The van der Waals surface area contributed by atoms with Crippen molar-refractivity contribution >= 4 is 11.6 Å². The van der Waals surface area contributed by atoms with Gasteiger partial charge in [0.2, 0.25) is 0 Å². The molecule has 7 nitrogen and oxygen atoms in total. The zero-order valence-corrected chi connectivity index (χ0v) is 17.9. The van der Waals surface area contributed by atoms with E-state index >= 15 is 0 Å². The van der Waals surface area contributed by atoms with Crippen molar-refractivity contribution in [2.24, 2.45) is 10.9 Å². The first-order chi connectivity index (χ1) is 14.3. The van der Waals surface area contributed by atoms with Crippen molar-refractivity contribution in [3.8, 4) is 5.75 Å². The fourth-order valence-electron chi connectivity index (χ4n) is 3.94. The molecule has 2 atom stereocenters. The number of hydrogen-bond donors (Lipinski definition) is 2. The average molecular weight is 405 g/mol. The Hall–Kier alpha value is -1.99. The molecule has 2 saturated heterocycles. The molecule has 29 heavy (non-hydrogen) atoms. The molecule has 3 rings (SSSR count). The highest BCUT2D eigenvalue weighted by molar-refractivity contribution is 5.80. The third-order valence-corrected chi connectivity index (χ3v) is 5.55. The van der Waals surface area contributed by atoms with Gasteiger partial charge in [-0.15, -0.1) is 0 Å². The van der Waals surface area contributed by atoms with Crippen molar-refractivity contribution in [2.75, 3.05) is 65.1 Å². The van der Waals surface area contributed by atoms with Crippen molar-refractivity contribution in [1.82, 2.24) is 10.6 Å². The third kappa shape index (κ3) is 6.78. The zero-order valence-electron chi connectivity index (χ0n) is 17.9. The second-order valence-corrected chi connectivity index (χ2v) is 7.76. The molecule has 2 aliphatic rings. The summed E-state index contributed by atoms with van der Waals surface area (Å²) in [5, 5.41) is 6.99. The summed E-state index contributed by atoms with van der Waals surface area (Å²) < 4.78 is 16.7. The molecule has 2 unspecified atom stereocenters. The van der Waals surface area contributed by atoms with E-state index in [1.807, 2.05) is 19.2 Å². The minimum Gasteiger partial charge on any atom is -0.495 e. The van der Waals surface area contributed by atoms with Crippen molar-refractivity contribution in [2.45, 2.75) is 31.7 Å². The fourth-order valence-corrected chi connectivity index (χ4v) is 3.94. The largest absolute Gasteiger partial charge is 0.495 e. The van der Waals surface area contributed by atoms with Gasteiger partial charge in [0.25, 0.3) is 0 Å². The standard InChI is InChI=1S/C22H36N4O3/c1-23-22(24-11-6-13-28-16-18-10-14-29-17-18)25-19-7-5-12-26(15-19)20-8-3-4-9-21(20)27-2/h3-4,8-9,18-19H,5-7,10-17H2,1-2H3,(H2,23,24,25). The van der Waals surface area contributed by atoms with Gasteiger partial charge in [0.1, 0.15) is 5.75 Å². The Labute approximate surface area is 174 Å². The first-order valence-corrected chi connectivity index (χ1v) is 10.8.